The van der Waals surface area contributed by atoms with Crippen molar-refractivity contribution < 1.29 is 4.42 Å². The van der Waals surface area contributed by atoms with Crippen molar-refractivity contribution in [2.75, 3.05) is 13.6 Å². The molecular weight excluding hydrogens is 236 g/mol. The van der Waals surface area contributed by atoms with Crippen molar-refractivity contribution in [1.29, 1.82) is 0 Å². The van der Waals surface area contributed by atoms with Crippen molar-refractivity contribution >= 4 is 0 Å². The van der Waals surface area contributed by atoms with E-state index in [0.29, 0.717) is 0 Å². The van der Waals surface area contributed by atoms with Gasteiger partial charge in [-0.25, -0.2) is 0 Å². The molecule has 0 unspecified atom stereocenters. The molecule has 0 bridgehead atoms. The smallest absolute Gasteiger partial charge is 0.118 e. The molecule has 1 aliphatic rings. The maximum atomic E-state index is 5.79. The minimum absolute atomic E-state index is 0.784. The molecule has 19 heavy (non-hydrogen) atoms. The first-order chi connectivity index (χ1) is 9.10. The van der Waals surface area contributed by atoms with Gasteiger partial charge in [-0.2, -0.15) is 0 Å². The lowest BCUT2D eigenvalue weighted by Crippen LogP contribution is -2.27. The normalized spacial score (nSPS) is 15.7. The predicted molar refractivity (Wildman–Crippen MR) is 79.1 cm³/mol. The van der Waals surface area contributed by atoms with Gasteiger partial charge in [-0.15, -0.1) is 0 Å². The topological polar surface area (TPSA) is 28.4 Å². The van der Waals surface area contributed by atoms with Crippen LogP contribution >= 0.6 is 0 Å². The molecule has 1 aliphatic carbocycles. The summed E-state index contributed by atoms with van der Waals surface area (Å²) in [5, 5.41) is 3.15. The van der Waals surface area contributed by atoms with E-state index in [1.165, 1.54) is 31.4 Å². The van der Waals surface area contributed by atoms with Gasteiger partial charge in [0.1, 0.15) is 11.5 Å². The van der Waals surface area contributed by atoms with Gasteiger partial charge in [0.05, 0.1) is 6.54 Å². The predicted octanol–water partition coefficient (Wildman–Crippen LogP) is 3.32. The van der Waals surface area contributed by atoms with Crippen molar-refractivity contribution in [3.05, 3.63) is 23.2 Å². The molecule has 0 aliphatic heterocycles. The summed E-state index contributed by atoms with van der Waals surface area (Å²) in [5.74, 6) is 2.92. The summed E-state index contributed by atoms with van der Waals surface area (Å²) in [4.78, 5) is 2.64. The number of furan rings is 1. The zero-order valence-electron chi connectivity index (χ0n) is 12.8. The second-order valence-electron chi connectivity index (χ2n) is 6.21. The Kier molecular flexibility index (Phi) is 5.06. The van der Waals surface area contributed by atoms with E-state index in [1.807, 2.05) is 7.05 Å². The first-order valence-corrected chi connectivity index (χ1v) is 7.57. The minimum atomic E-state index is 0.784. The average Bonchev–Trinajstić information content (AvgIpc) is 3.12. The molecule has 1 saturated carbocycles. The van der Waals surface area contributed by atoms with Gasteiger partial charge in [-0.1, -0.05) is 13.8 Å². The minimum Gasteiger partial charge on any atom is -0.465 e. The third-order valence-electron chi connectivity index (χ3n) is 3.85. The molecule has 2 rings (SSSR count). The lowest BCUT2D eigenvalue weighted by Gasteiger charge is -2.22. The third-order valence-corrected chi connectivity index (χ3v) is 3.85. The van der Waals surface area contributed by atoms with E-state index in [9.17, 15) is 0 Å². The van der Waals surface area contributed by atoms with Crippen LogP contribution in [0.3, 0.4) is 0 Å². The lowest BCUT2D eigenvalue weighted by molar-refractivity contribution is 0.238. The van der Waals surface area contributed by atoms with Crippen molar-refractivity contribution in [1.82, 2.24) is 10.2 Å². The van der Waals surface area contributed by atoms with Gasteiger partial charge in [0, 0.05) is 18.2 Å². The van der Waals surface area contributed by atoms with Crippen molar-refractivity contribution in [2.24, 2.45) is 5.92 Å². The average molecular weight is 264 g/mol. The summed E-state index contributed by atoms with van der Waals surface area (Å²) in [6, 6.07) is 3.04. The Bertz CT molecular complexity index is 393. The molecule has 0 saturated heterocycles. The van der Waals surface area contributed by atoms with Gasteiger partial charge in [0.2, 0.25) is 0 Å². The van der Waals surface area contributed by atoms with Crippen LogP contribution in [0, 0.1) is 12.8 Å². The largest absolute Gasteiger partial charge is 0.465 e. The van der Waals surface area contributed by atoms with E-state index >= 15 is 0 Å². The van der Waals surface area contributed by atoms with E-state index in [1.54, 1.807) is 0 Å². The van der Waals surface area contributed by atoms with Crippen LogP contribution in [0.4, 0.5) is 0 Å². The number of nitrogens with one attached hydrogen (secondary N) is 1. The SMILES string of the molecule is CNCc1cc(CN(CCC(C)C)C2CC2)c(C)o1. The molecule has 1 aromatic heterocycles. The lowest BCUT2D eigenvalue weighted by atomic mass is 10.1. The van der Waals surface area contributed by atoms with Crippen LogP contribution in [0.25, 0.3) is 0 Å². The summed E-state index contributed by atoms with van der Waals surface area (Å²) in [6.45, 7) is 9.78. The molecule has 0 spiro atoms. The molecule has 0 aromatic carbocycles. The van der Waals surface area contributed by atoms with E-state index in [4.69, 9.17) is 4.42 Å². The Morgan fingerprint density at radius 1 is 1.42 bits per heavy atom. The molecule has 108 valence electrons. The molecular formula is C16H28N2O. The summed E-state index contributed by atoms with van der Waals surface area (Å²) < 4.78 is 5.79. The fourth-order valence-corrected chi connectivity index (χ4v) is 2.48. The van der Waals surface area contributed by atoms with Crippen LogP contribution < -0.4 is 5.32 Å². The Morgan fingerprint density at radius 3 is 2.74 bits per heavy atom. The van der Waals surface area contributed by atoms with E-state index in [0.717, 1.165) is 36.6 Å². The number of rotatable bonds is 8. The maximum absolute atomic E-state index is 5.79. The number of nitrogens with zero attached hydrogens (tertiary/aromatic N) is 1. The van der Waals surface area contributed by atoms with Gasteiger partial charge in [-0.05, 0) is 51.8 Å². The molecule has 1 N–H and O–H groups in total. The van der Waals surface area contributed by atoms with Gasteiger partial charge in [-0.3, -0.25) is 4.90 Å². The molecule has 0 radical (unpaired) electrons. The monoisotopic (exact) mass is 264 g/mol. The van der Waals surface area contributed by atoms with Gasteiger partial charge >= 0.3 is 0 Å². The Hall–Kier alpha value is -0.800. The number of hydrogen-bond donors (Lipinski definition) is 1. The molecule has 0 amide bonds. The summed E-state index contributed by atoms with van der Waals surface area (Å²) in [6.07, 6.45) is 4.04. The summed E-state index contributed by atoms with van der Waals surface area (Å²) in [5.41, 5.74) is 1.36. The van der Waals surface area contributed by atoms with Crippen molar-refractivity contribution in [3.8, 4) is 0 Å². The maximum Gasteiger partial charge on any atom is 0.118 e. The van der Waals surface area contributed by atoms with Crippen LogP contribution in [0.2, 0.25) is 0 Å². The molecule has 0 atom stereocenters. The van der Waals surface area contributed by atoms with Crippen molar-refractivity contribution in [2.45, 2.75) is 59.2 Å². The highest BCUT2D eigenvalue weighted by molar-refractivity contribution is 5.21. The van der Waals surface area contributed by atoms with Gasteiger partial charge in [0.15, 0.2) is 0 Å². The first kappa shape index (κ1) is 14.6. The third kappa shape index (κ3) is 4.36. The summed E-state index contributed by atoms with van der Waals surface area (Å²) >= 11 is 0. The first-order valence-electron chi connectivity index (χ1n) is 7.57. The van der Waals surface area contributed by atoms with Crippen LogP contribution in [0.15, 0.2) is 10.5 Å². The quantitative estimate of drug-likeness (QED) is 0.781. The van der Waals surface area contributed by atoms with E-state index in [-0.39, 0.29) is 0 Å². The van der Waals surface area contributed by atoms with Gasteiger partial charge < -0.3 is 9.73 Å². The van der Waals surface area contributed by atoms with Gasteiger partial charge in [0.25, 0.3) is 0 Å². The van der Waals surface area contributed by atoms with Crippen LogP contribution in [0.5, 0.6) is 0 Å². The second kappa shape index (κ2) is 6.58. The van der Waals surface area contributed by atoms with Crippen molar-refractivity contribution in [3.63, 3.8) is 0 Å². The van der Waals surface area contributed by atoms with E-state index in [2.05, 4.69) is 37.1 Å². The highest BCUT2D eigenvalue weighted by atomic mass is 16.3. The Balaban J connectivity index is 1.96. The Morgan fingerprint density at radius 2 is 2.16 bits per heavy atom. The molecule has 3 nitrogen and oxygen atoms in total. The second-order valence-corrected chi connectivity index (χ2v) is 6.21. The standard InChI is InChI=1S/C16H28N2O/c1-12(2)7-8-18(15-5-6-15)11-14-9-16(10-17-4)19-13(14)3/h9,12,15,17H,5-8,10-11H2,1-4H3. The molecule has 3 heteroatoms. The molecule has 1 fully saturated rings. The van der Waals surface area contributed by atoms with Crippen LogP contribution in [0.1, 0.15) is 50.2 Å². The van der Waals surface area contributed by atoms with E-state index < -0.39 is 0 Å². The highest BCUT2D eigenvalue weighted by Gasteiger charge is 2.29. The summed E-state index contributed by atoms with van der Waals surface area (Å²) in [7, 11) is 1.96. The van der Waals surface area contributed by atoms with Crippen LogP contribution in [-0.2, 0) is 13.1 Å². The molecule has 1 heterocycles. The van der Waals surface area contributed by atoms with Crippen LogP contribution in [-0.4, -0.2) is 24.5 Å². The molecule has 1 aromatic rings. The fourth-order valence-electron chi connectivity index (χ4n) is 2.48. The highest BCUT2D eigenvalue weighted by Crippen LogP contribution is 2.30. The Labute approximate surface area is 117 Å². The number of hydrogen-bond acceptors (Lipinski definition) is 3. The zero-order chi connectivity index (χ0) is 13.8. The fraction of sp³-hybridized carbons (Fsp3) is 0.750. The zero-order valence-corrected chi connectivity index (χ0v) is 12.8. The number of aryl methyl sites for hydroxylation is 1.